The Labute approximate surface area is 169 Å². The van der Waals surface area contributed by atoms with Crippen molar-refractivity contribution in [1.82, 2.24) is 4.98 Å². The van der Waals surface area contributed by atoms with E-state index >= 15 is 0 Å². The monoisotopic (exact) mass is 416 g/mol. The molecule has 0 bridgehead atoms. The Bertz CT molecular complexity index is 1070. The molecule has 0 saturated heterocycles. The van der Waals surface area contributed by atoms with E-state index in [0.29, 0.717) is 12.1 Å². The van der Waals surface area contributed by atoms with Crippen LogP contribution in [0.25, 0.3) is 20.8 Å². The summed E-state index contributed by atoms with van der Waals surface area (Å²) < 4.78 is 25.1. The van der Waals surface area contributed by atoms with Crippen molar-refractivity contribution in [1.29, 1.82) is 0 Å². The van der Waals surface area contributed by atoms with Crippen LogP contribution < -0.4 is 5.32 Å². The van der Waals surface area contributed by atoms with E-state index < -0.39 is 21.5 Å². The Morgan fingerprint density at radius 3 is 2.57 bits per heavy atom. The maximum Gasteiger partial charge on any atom is 0.239 e. The van der Waals surface area contributed by atoms with Gasteiger partial charge in [0, 0.05) is 11.3 Å². The van der Waals surface area contributed by atoms with E-state index in [-0.39, 0.29) is 5.75 Å². The molecule has 2 aromatic carbocycles. The van der Waals surface area contributed by atoms with E-state index in [1.807, 2.05) is 31.2 Å². The average molecular weight is 417 g/mol. The first kappa shape index (κ1) is 20.5. The molecule has 1 heterocycles. The van der Waals surface area contributed by atoms with Gasteiger partial charge in [0.25, 0.3) is 0 Å². The highest BCUT2D eigenvalue weighted by Crippen LogP contribution is 2.31. The Kier molecular flexibility index (Phi) is 6.46. The second-order valence-electron chi connectivity index (χ2n) is 6.91. The fourth-order valence-corrected chi connectivity index (χ4v) is 5.22. The first-order valence-electron chi connectivity index (χ1n) is 9.34. The largest absolute Gasteiger partial charge is 0.325 e. The third-order valence-corrected chi connectivity index (χ3v) is 7.05. The Balaban J connectivity index is 1.64. The number of rotatable bonds is 8. The van der Waals surface area contributed by atoms with Crippen LogP contribution in [-0.2, 0) is 14.6 Å². The third kappa shape index (κ3) is 5.39. The number of nitrogens with one attached hydrogen (secondary N) is 1. The van der Waals surface area contributed by atoms with E-state index in [1.54, 1.807) is 23.5 Å². The molecule has 1 aromatic heterocycles. The van der Waals surface area contributed by atoms with Crippen molar-refractivity contribution >= 4 is 43.0 Å². The summed E-state index contributed by atoms with van der Waals surface area (Å²) in [5, 5.41) is 3.58. The summed E-state index contributed by atoms with van der Waals surface area (Å²) in [7, 11) is -3.36. The molecule has 0 fully saturated rings. The van der Waals surface area contributed by atoms with Gasteiger partial charge in [-0.25, -0.2) is 13.4 Å². The number of amides is 1. The quantitative estimate of drug-likeness (QED) is 0.534. The van der Waals surface area contributed by atoms with Gasteiger partial charge in [0.2, 0.25) is 5.91 Å². The molecule has 3 aromatic rings. The molecule has 5 nitrogen and oxygen atoms in total. The summed E-state index contributed by atoms with van der Waals surface area (Å²) in [5.74, 6) is -0.917. The van der Waals surface area contributed by atoms with Crippen LogP contribution in [0.4, 0.5) is 5.69 Å². The summed E-state index contributed by atoms with van der Waals surface area (Å²) in [6.07, 6.45) is 2.40. The molecule has 7 heteroatoms. The molecular formula is C21H24N2O3S2. The molecule has 0 aliphatic heterocycles. The van der Waals surface area contributed by atoms with Crippen LogP contribution >= 0.6 is 11.3 Å². The molecule has 0 unspecified atom stereocenters. The first-order chi connectivity index (χ1) is 13.4. The second kappa shape index (κ2) is 8.84. The molecule has 0 atom stereocenters. The minimum absolute atomic E-state index is 0.0598. The van der Waals surface area contributed by atoms with Gasteiger partial charge in [-0.3, -0.25) is 4.79 Å². The van der Waals surface area contributed by atoms with Gasteiger partial charge in [-0.15, -0.1) is 11.3 Å². The number of thiazole rings is 1. The highest BCUT2D eigenvalue weighted by Gasteiger charge is 2.16. The van der Waals surface area contributed by atoms with Crippen LogP contribution in [0.15, 0.2) is 42.5 Å². The number of nitrogens with zero attached hydrogens (tertiary/aromatic N) is 1. The lowest BCUT2D eigenvalue weighted by Crippen LogP contribution is -2.24. The van der Waals surface area contributed by atoms with Crippen molar-refractivity contribution in [3.63, 3.8) is 0 Å². The predicted octanol–water partition coefficient (Wildman–Crippen LogP) is 4.82. The van der Waals surface area contributed by atoms with Crippen molar-refractivity contribution in [2.75, 3.05) is 16.8 Å². The molecule has 1 N–H and O–H groups in total. The van der Waals surface area contributed by atoms with Gasteiger partial charge in [-0.05, 0) is 55.3 Å². The topological polar surface area (TPSA) is 76.1 Å². The molecule has 3 rings (SSSR count). The number of unbranched alkanes of at least 4 members (excludes halogenated alkanes) is 2. The van der Waals surface area contributed by atoms with Crippen molar-refractivity contribution in [2.45, 2.75) is 33.1 Å². The number of sulfone groups is 1. The average Bonchev–Trinajstić information content (AvgIpc) is 3.05. The lowest BCUT2D eigenvalue weighted by atomic mass is 10.2. The summed E-state index contributed by atoms with van der Waals surface area (Å²) in [6, 6.07) is 13.5. The van der Waals surface area contributed by atoms with E-state index in [4.69, 9.17) is 0 Å². The summed E-state index contributed by atoms with van der Waals surface area (Å²) >= 11 is 1.62. The van der Waals surface area contributed by atoms with Crippen molar-refractivity contribution in [3.05, 3.63) is 48.0 Å². The molecule has 0 spiro atoms. The van der Waals surface area contributed by atoms with Gasteiger partial charge in [0.05, 0.1) is 16.0 Å². The van der Waals surface area contributed by atoms with Gasteiger partial charge in [-0.2, -0.15) is 0 Å². The minimum atomic E-state index is -3.36. The number of anilines is 1. The van der Waals surface area contributed by atoms with Crippen molar-refractivity contribution in [2.24, 2.45) is 0 Å². The normalized spacial score (nSPS) is 11.6. The minimum Gasteiger partial charge on any atom is -0.325 e. The van der Waals surface area contributed by atoms with Crippen LogP contribution in [-0.4, -0.2) is 30.8 Å². The molecule has 28 heavy (non-hydrogen) atoms. The third-order valence-electron chi connectivity index (χ3n) is 4.37. The molecule has 0 radical (unpaired) electrons. The molecule has 0 aliphatic rings. The molecule has 148 valence electrons. The summed E-state index contributed by atoms with van der Waals surface area (Å²) in [5.41, 5.74) is 3.71. The van der Waals surface area contributed by atoms with Crippen LogP contribution in [0.5, 0.6) is 0 Å². The fraction of sp³-hybridized carbons (Fsp3) is 0.333. The van der Waals surface area contributed by atoms with Gasteiger partial charge in [0.1, 0.15) is 10.8 Å². The van der Waals surface area contributed by atoms with Crippen molar-refractivity contribution < 1.29 is 13.2 Å². The second-order valence-corrected chi connectivity index (χ2v) is 10.1. The van der Waals surface area contributed by atoms with E-state index in [2.05, 4.69) is 23.3 Å². The van der Waals surface area contributed by atoms with Gasteiger partial charge < -0.3 is 5.32 Å². The maximum absolute atomic E-state index is 12.1. The summed E-state index contributed by atoms with van der Waals surface area (Å²) in [4.78, 5) is 16.7. The number of hydrogen-bond donors (Lipinski definition) is 1. The lowest BCUT2D eigenvalue weighted by molar-refractivity contribution is -0.113. The molecular weight excluding hydrogens is 392 g/mol. The number of fused-ring (bicyclic) bond motifs is 1. The van der Waals surface area contributed by atoms with E-state index in [1.165, 1.54) is 5.56 Å². The highest BCUT2D eigenvalue weighted by atomic mass is 32.2. The van der Waals surface area contributed by atoms with Gasteiger partial charge >= 0.3 is 0 Å². The highest BCUT2D eigenvalue weighted by molar-refractivity contribution is 7.92. The summed E-state index contributed by atoms with van der Waals surface area (Å²) in [6.45, 7) is 4.07. The number of carbonyl (C=O) groups is 1. The number of carbonyl (C=O) groups excluding carboxylic acids is 1. The zero-order valence-corrected chi connectivity index (χ0v) is 17.7. The Hall–Kier alpha value is -2.25. The van der Waals surface area contributed by atoms with Gasteiger partial charge in [-0.1, -0.05) is 25.8 Å². The van der Waals surface area contributed by atoms with Crippen molar-refractivity contribution in [3.8, 4) is 10.6 Å². The maximum atomic E-state index is 12.1. The number of hydrogen-bond acceptors (Lipinski definition) is 5. The molecule has 0 saturated carbocycles. The standard InChI is InChI=1S/C21H24N2O3S2/c1-3-4-5-12-28(25,26)14-20(24)22-17-9-7-16(8-10-17)21-23-18-11-6-15(2)13-19(18)27-21/h6-11,13H,3-5,12,14H2,1-2H3,(H,22,24). The van der Waals surface area contributed by atoms with Crippen LogP contribution in [0.1, 0.15) is 31.7 Å². The Morgan fingerprint density at radius 1 is 1.11 bits per heavy atom. The SMILES string of the molecule is CCCCCS(=O)(=O)CC(=O)Nc1ccc(-c2nc3ccc(C)cc3s2)cc1. The van der Waals surface area contributed by atoms with Crippen LogP contribution in [0.3, 0.4) is 0 Å². The zero-order chi connectivity index (χ0) is 20.1. The molecule has 1 amide bonds. The van der Waals surface area contributed by atoms with Gasteiger partial charge in [0.15, 0.2) is 9.84 Å². The fourth-order valence-electron chi connectivity index (χ4n) is 2.89. The molecule has 0 aliphatic carbocycles. The smallest absolute Gasteiger partial charge is 0.239 e. The van der Waals surface area contributed by atoms with E-state index in [0.717, 1.165) is 33.6 Å². The lowest BCUT2D eigenvalue weighted by Gasteiger charge is -2.07. The van der Waals surface area contributed by atoms with Crippen LogP contribution in [0.2, 0.25) is 0 Å². The van der Waals surface area contributed by atoms with E-state index in [9.17, 15) is 13.2 Å². The van der Waals surface area contributed by atoms with Crippen LogP contribution in [0, 0.1) is 6.92 Å². The number of aryl methyl sites for hydroxylation is 1. The predicted molar refractivity (Wildman–Crippen MR) is 117 cm³/mol. The number of aromatic nitrogens is 1. The zero-order valence-electron chi connectivity index (χ0n) is 16.1. The first-order valence-corrected chi connectivity index (χ1v) is 12.0. The number of benzene rings is 2. The Morgan fingerprint density at radius 2 is 1.86 bits per heavy atom.